The minimum atomic E-state index is 0.683. The van der Waals surface area contributed by atoms with Gasteiger partial charge in [-0.15, -0.1) is 0 Å². The number of aliphatic imine (C=N–C) groups is 1. The summed E-state index contributed by atoms with van der Waals surface area (Å²) in [4.78, 5) is 15.2. The van der Waals surface area contributed by atoms with E-state index < -0.39 is 0 Å². The van der Waals surface area contributed by atoms with Gasteiger partial charge < -0.3 is 0 Å². The van der Waals surface area contributed by atoms with Crippen LogP contribution in [-0.2, 0) is 0 Å². The van der Waals surface area contributed by atoms with Crippen LogP contribution in [0.2, 0.25) is 0 Å². The molecule has 0 aliphatic heterocycles. The third-order valence-electron chi connectivity index (χ3n) is 2.87. The molecule has 0 fully saturated rings. The molecule has 0 aromatic heterocycles. The molecule has 0 atom stereocenters. The van der Waals surface area contributed by atoms with Crippen LogP contribution >= 0.6 is 0 Å². The Morgan fingerprint density at radius 1 is 1.06 bits per heavy atom. The zero-order chi connectivity index (χ0) is 13.0. The van der Waals surface area contributed by atoms with E-state index in [2.05, 4.69) is 4.99 Å². The number of carbonyl (C=O) groups is 1. The number of aryl methyl sites for hydroxylation is 1. The van der Waals surface area contributed by atoms with Gasteiger partial charge in [0.05, 0.1) is 5.69 Å². The summed E-state index contributed by atoms with van der Waals surface area (Å²) in [6, 6.07) is 15.5. The molecule has 0 N–H and O–H groups in total. The molecular formula is C16H15NO. The summed E-state index contributed by atoms with van der Waals surface area (Å²) in [7, 11) is 0. The highest BCUT2D eigenvalue weighted by Crippen LogP contribution is 2.18. The number of hydrogen-bond donors (Lipinski definition) is 0. The standard InChI is InChI=1S/C16H15NO/c1-12-5-3-4-6-16(12)17-13(2)15-9-7-14(11-18)8-10-15/h3-11H,1-2H3. The first-order chi connectivity index (χ1) is 8.70. The molecule has 0 radical (unpaired) electrons. The minimum absolute atomic E-state index is 0.683. The maximum absolute atomic E-state index is 10.6. The van der Waals surface area contributed by atoms with Gasteiger partial charge >= 0.3 is 0 Å². The maximum Gasteiger partial charge on any atom is 0.150 e. The van der Waals surface area contributed by atoms with Crippen LogP contribution in [0.15, 0.2) is 53.5 Å². The maximum atomic E-state index is 10.6. The van der Waals surface area contributed by atoms with Crippen LogP contribution in [0, 0.1) is 6.92 Å². The van der Waals surface area contributed by atoms with Crippen molar-refractivity contribution >= 4 is 17.7 Å². The summed E-state index contributed by atoms with van der Waals surface area (Å²) in [5.74, 6) is 0. The lowest BCUT2D eigenvalue weighted by Gasteiger charge is -2.03. The van der Waals surface area contributed by atoms with Crippen LogP contribution in [0.4, 0.5) is 5.69 Å². The molecule has 0 aliphatic carbocycles. The van der Waals surface area contributed by atoms with Crippen molar-refractivity contribution in [2.24, 2.45) is 4.99 Å². The van der Waals surface area contributed by atoms with Crippen molar-refractivity contribution in [1.82, 2.24) is 0 Å². The van der Waals surface area contributed by atoms with Crippen LogP contribution in [-0.4, -0.2) is 12.0 Å². The topological polar surface area (TPSA) is 29.4 Å². The monoisotopic (exact) mass is 237 g/mol. The Bertz CT molecular complexity index is 582. The van der Waals surface area contributed by atoms with Crippen LogP contribution in [0.5, 0.6) is 0 Å². The molecule has 0 heterocycles. The summed E-state index contributed by atoms with van der Waals surface area (Å²) >= 11 is 0. The lowest BCUT2D eigenvalue weighted by atomic mass is 10.1. The number of para-hydroxylation sites is 1. The molecule has 2 nitrogen and oxygen atoms in total. The average Bonchev–Trinajstić information content (AvgIpc) is 2.41. The van der Waals surface area contributed by atoms with Crippen molar-refractivity contribution in [1.29, 1.82) is 0 Å². The van der Waals surface area contributed by atoms with Gasteiger partial charge in [-0.25, -0.2) is 0 Å². The summed E-state index contributed by atoms with van der Waals surface area (Å²) < 4.78 is 0. The van der Waals surface area contributed by atoms with Crippen LogP contribution in [0.3, 0.4) is 0 Å². The third-order valence-corrected chi connectivity index (χ3v) is 2.87. The van der Waals surface area contributed by atoms with Crippen LogP contribution in [0.25, 0.3) is 0 Å². The first-order valence-corrected chi connectivity index (χ1v) is 5.87. The van der Waals surface area contributed by atoms with E-state index in [0.29, 0.717) is 5.56 Å². The van der Waals surface area contributed by atoms with Crippen molar-refractivity contribution in [3.63, 3.8) is 0 Å². The quantitative estimate of drug-likeness (QED) is 0.587. The number of rotatable bonds is 3. The van der Waals surface area contributed by atoms with Crippen LogP contribution in [0.1, 0.15) is 28.4 Å². The Kier molecular flexibility index (Phi) is 3.68. The summed E-state index contributed by atoms with van der Waals surface area (Å²) in [5, 5.41) is 0. The molecule has 90 valence electrons. The fourth-order valence-corrected chi connectivity index (χ4v) is 1.74. The predicted octanol–water partition coefficient (Wildman–Crippen LogP) is 3.95. The molecule has 2 aromatic rings. The largest absolute Gasteiger partial charge is 0.298 e. The van der Waals surface area contributed by atoms with Gasteiger partial charge in [0.25, 0.3) is 0 Å². The summed E-state index contributed by atoms with van der Waals surface area (Å²) in [5.41, 5.74) is 4.80. The van der Waals surface area contributed by atoms with E-state index in [4.69, 9.17) is 0 Å². The van der Waals surface area contributed by atoms with Gasteiger partial charge in [0, 0.05) is 11.3 Å². The fraction of sp³-hybridized carbons (Fsp3) is 0.125. The summed E-state index contributed by atoms with van der Waals surface area (Å²) in [6.45, 7) is 4.02. The normalized spacial score (nSPS) is 11.3. The van der Waals surface area contributed by atoms with E-state index in [1.807, 2.05) is 50.2 Å². The highest BCUT2D eigenvalue weighted by atomic mass is 16.1. The second-order valence-corrected chi connectivity index (χ2v) is 4.22. The van der Waals surface area contributed by atoms with E-state index in [1.54, 1.807) is 12.1 Å². The average molecular weight is 237 g/mol. The zero-order valence-corrected chi connectivity index (χ0v) is 10.6. The molecule has 18 heavy (non-hydrogen) atoms. The Morgan fingerprint density at radius 2 is 1.72 bits per heavy atom. The van der Waals surface area contributed by atoms with Crippen molar-refractivity contribution in [3.05, 3.63) is 65.2 Å². The van der Waals surface area contributed by atoms with Gasteiger partial charge in [0.15, 0.2) is 0 Å². The minimum Gasteiger partial charge on any atom is -0.298 e. The van der Waals surface area contributed by atoms with Crippen molar-refractivity contribution in [2.45, 2.75) is 13.8 Å². The van der Waals surface area contributed by atoms with Gasteiger partial charge in [0.1, 0.15) is 6.29 Å². The molecule has 2 rings (SSSR count). The molecule has 0 amide bonds. The zero-order valence-electron chi connectivity index (χ0n) is 10.6. The Labute approximate surface area is 107 Å². The Morgan fingerprint density at radius 3 is 2.33 bits per heavy atom. The van der Waals surface area contributed by atoms with Gasteiger partial charge in [-0.2, -0.15) is 0 Å². The van der Waals surface area contributed by atoms with Gasteiger partial charge in [-0.3, -0.25) is 9.79 Å². The number of benzene rings is 2. The predicted molar refractivity (Wildman–Crippen MR) is 74.9 cm³/mol. The van der Waals surface area contributed by atoms with Crippen molar-refractivity contribution in [2.75, 3.05) is 0 Å². The molecule has 0 saturated heterocycles. The lowest BCUT2D eigenvalue weighted by molar-refractivity contribution is 0.112. The highest BCUT2D eigenvalue weighted by Gasteiger charge is 2.00. The van der Waals surface area contributed by atoms with Gasteiger partial charge in [0.2, 0.25) is 0 Å². The Balaban J connectivity index is 2.32. The first-order valence-electron chi connectivity index (χ1n) is 5.87. The second-order valence-electron chi connectivity index (χ2n) is 4.22. The number of carbonyl (C=O) groups excluding carboxylic acids is 1. The van der Waals surface area contributed by atoms with E-state index in [0.717, 1.165) is 28.8 Å². The number of hydrogen-bond acceptors (Lipinski definition) is 2. The van der Waals surface area contributed by atoms with Crippen molar-refractivity contribution < 1.29 is 4.79 Å². The van der Waals surface area contributed by atoms with Crippen molar-refractivity contribution in [3.8, 4) is 0 Å². The van der Waals surface area contributed by atoms with E-state index in [-0.39, 0.29) is 0 Å². The van der Waals surface area contributed by atoms with E-state index >= 15 is 0 Å². The van der Waals surface area contributed by atoms with E-state index in [1.165, 1.54) is 0 Å². The first kappa shape index (κ1) is 12.2. The molecule has 2 heteroatoms. The summed E-state index contributed by atoms with van der Waals surface area (Å²) in [6.07, 6.45) is 0.845. The lowest BCUT2D eigenvalue weighted by Crippen LogP contribution is -1.94. The molecule has 0 spiro atoms. The molecule has 0 bridgehead atoms. The number of nitrogens with zero attached hydrogens (tertiary/aromatic N) is 1. The van der Waals surface area contributed by atoms with Gasteiger partial charge in [-0.05, 0) is 31.0 Å². The fourth-order valence-electron chi connectivity index (χ4n) is 1.74. The number of aldehydes is 1. The SMILES string of the molecule is CC(=Nc1ccccc1C)c1ccc(C=O)cc1. The van der Waals surface area contributed by atoms with E-state index in [9.17, 15) is 4.79 Å². The van der Waals surface area contributed by atoms with Crippen LogP contribution < -0.4 is 0 Å². The molecular weight excluding hydrogens is 222 g/mol. The third kappa shape index (κ3) is 2.72. The van der Waals surface area contributed by atoms with Gasteiger partial charge in [-0.1, -0.05) is 42.5 Å². The Hall–Kier alpha value is -2.22. The highest BCUT2D eigenvalue weighted by molar-refractivity contribution is 6.00. The smallest absolute Gasteiger partial charge is 0.150 e. The molecule has 0 saturated carbocycles. The molecule has 0 unspecified atom stereocenters. The second kappa shape index (κ2) is 5.41. The molecule has 0 aliphatic rings. The molecule has 2 aromatic carbocycles.